The predicted molar refractivity (Wildman–Crippen MR) is 84.2 cm³/mol. The standard InChI is InChI=1S/C16H17N3S/c1-10(2)8-19-16-11(7-17)9-18-13-3-4-14-12(15(13)16)5-6-20-14/h3-4,9-10H,5-6,8H2,1-2H3,(H,18,19). The molecule has 0 spiro atoms. The smallest absolute Gasteiger partial charge is 0.103 e. The van der Waals surface area contributed by atoms with E-state index in [1.54, 1.807) is 6.20 Å². The third kappa shape index (κ3) is 2.23. The van der Waals surface area contributed by atoms with Crippen LogP contribution in [0.25, 0.3) is 10.9 Å². The first-order valence-electron chi connectivity index (χ1n) is 6.92. The van der Waals surface area contributed by atoms with Crippen LogP contribution in [0, 0.1) is 17.2 Å². The summed E-state index contributed by atoms with van der Waals surface area (Å²) in [5.74, 6) is 1.66. The van der Waals surface area contributed by atoms with Crippen molar-refractivity contribution >= 4 is 28.4 Å². The normalized spacial score (nSPS) is 13.5. The Kier molecular flexibility index (Phi) is 3.54. The lowest BCUT2D eigenvalue weighted by atomic mass is 10.0. The summed E-state index contributed by atoms with van der Waals surface area (Å²) in [7, 11) is 0. The average Bonchev–Trinajstić information content (AvgIpc) is 2.92. The molecule has 0 fully saturated rings. The molecule has 0 saturated heterocycles. The van der Waals surface area contributed by atoms with Gasteiger partial charge in [-0.2, -0.15) is 5.26 Å². The maximum absolute atomic E-state index is 9.36. The highest BCUT2D eigenvalue weighted by atomic mass is 32.2. The second-order valence-corrected chi connectivity index (χ2v) is 6.61. The Morgan fingerprint density at radius 3 is 3.05 bits per heavy atom. The van der Waals surface area contributed by atoms with E-state index in [1.165, 1.54) is 10.5 Å². The summed E-state index contributed by atoms with van der Waals surface area (Å²) in [5, 5.41) is 14.0. The van der Waals surface area contributed by atoms with Crippen LogP contribution >= 0.6 is 11.8 Å². The van der Waals surface area contributed by atoms with Gasteiger partial charge in [-0.25, -0.2) is 0 Å². The van der Waals surface area contributed by atoms with Crippen molar-refractivity contribution in [3.63, 3.8) is 0 Å². The molecule has 0 unspecified atom stereocenters. The first-order chi connectivity index (χ1) is 9.70. The highest BCUT2D eigenvalue weighted by Crippen LogP contribution is 2.39. The van der Waals surface area contributed by atoms with Crippen molar-refractivity contribution in [2.75, 3.05) is 17.6 Å². The summed E-state index contributed by atoms with van der Waals surface area (Å²) in [6.45, 7) is 5.20. The molecule has 1 aromatic heterocycles. The average molecular weight is 283 g/mol. The van der Waals surface area contributed by atoms with E-state index >= 15 is 0 Å². The molecule has 3 rings (SSSR count). The second kappa shape index (κ2) is 5.34. The van der Waals surface area contributed by atoms with E-state index in [-0.39, 0.29) is 0 Å². The molecule has 0 radical (unpaired) electrons. The molecule has 0 aliphatic carbocycles. The SMILES string of the molecule is CC(C)CNc1c(C#N)cnc2ccc3c(c12)CCS3. The maximum atomic E-state index is 9.36. The summed E-state index contributed by atoms with van der Waals surface area (Å²) >= 11 is 1.89. The molecule has 3 nitrogen and oxygen atoms in total. The lowest BCUT2D eigenvalue weighted by Gasteiger charge is -2.15. The van der Waals surface area contributed by atoms with Crippen LogP contribution in [0.1, 0.15) is 25.0 Å². The fourth-order valence-electron chi connectivity index (χ4n) is 2.56. The number of aryl methyl sites for hydroxylation is 1. The fraction of sp³-hybridized carbons (Fsp3) is 0.375. The molecule has 1 aromatic carbocycles. The zero-order chi connectivity index (χ0) is 14.1. The first-order valence-corrected chi connectivity index (χ1v) is 7.90. The zero-order valence-electron chi connectivity index (χ0n) is 11.7. The van der Waals surface area contributed by atoms with E-state index in [2.05, 4.69) is 42.4 Å². The Bertz CT molecular complexity index is 701. The number of pyridine rings is 1. The van der Waals surface area contributed by atoms with Crippen molar-refractivity contribution in [1.82, 2.24) is 4.98 Å². The largest absolute Gasteiger partial charge is 0.383 e. The van der Waals surface area contributed by atoms with Gasteiger partial charge in [0.05, 0.1) is 16.8 Å². The summed E-state index contributed by atoms with van der Waals surface area (Å²) < 4.78 is 0. The number of nitriles is 1. The second-order valence-electron chi connectivity index (χ2n) is 5.47. The highest BCUT2D eigenvalue weighted by Gasteiger charge is 2.19. The third-order valence-electron chi connectivity index (χ3n) is 3.52. The molecule has 1 aliphatic rings. The Morgan fingerprint density at radius 2 is 2.30 bits per heavy atom. The van der Waals surface area contributed by atoms with Crippen LogP contribution in [-0.2, 0) is 6.42 Å². The molecule has 4 heteroatoms. The molecule has 0 saturated carbocycles. The predicted octanol–water partition coefficient (Wildman–Crippen LogP) is 3.82. The van der Waals surface area contributed by atoms with E-state index in [1.807, 2.05) is 11.8 Å². The molecule has 0 atom stereocenters. The van der Waals surface area contributed by atoms with Gasteiger partial charge in [-0.15, -0.1) is 11.8 Å². The Hall–Kier alpha value is -1.73. The number of anilines is 1. The number of thioether (sulfide) groups is 1. The van der Waals surface area contributed by atoms with Crippen LogP contribution in [0.5, 0.6) is 0 Å². The van der Waals surface area contributed by atoms with Gasteiger partial charge in [0, 0.05) is 28.8 Å². The van der Waals surface area contributed by atoms with Gasteiger partial charge in [0.1, 0.15) is 6.07 Å². The lowest BCUT2D eigenvalue weighted by molar-refractivity contribution is 0.689. The zero-order valence-corrected chi connectivity index (χ0v) is 12.5. The number of hydrogen-bond acceptors (Lipinski definition) is 4. The quantitative estimate of drug-likeness (QED) is 0.930. The van der Waals surface area contributed by atoms with Crippen LogP contribution in [0.2, 0.25) is 0 Å². The van der Waals surface area contributed by atoms with Gasteiger partial charge in [0.2, 0.25) is 0 Å². The lowest BCUT2D eigenvalue weighted by Crippen LogP contribution is -2.10. The molecule has 20 heavy (non-hydrogen) atoms. The monoisotopic (exact) mass is 283 g/mol. The Labute approximate surface area is 123 Å². The number of hydrogen-bond donors (Lipinski definition) is 1. The minimum atomic E-state index is 0.538. The van der Waals surface area contributed by atoms with E-state index in [4.69, 9.17) is 0 Å². The summed E-state index contributed by atoms with van der Waals surface area (Å²) in [5.41, 5.74) is 3.94. The Morgan fingerprint density at radius 1 is 1.45 bits per heavy atom. The summed E-state index contributed by atoms with van der Waals surface area (Å²) in [4.78, 5) is 5.78. The number of nitrogens with zero attached hydrogens (tertiary/aromatic N) is 2. The van der Waals surface area contributed by atoms with Gasteiger partial charge in [-0.1, -0.05) is 13.8 Å². The van der Waals surface area contributed by atoms with Crippen molar-refractivity contribution in [3.8, 4) is 6.07 Å². The van der Waals surface area contributed by atoms with Crippen molar-refractivity contribution in [2.24, 2.45) is 5.92 Å². The van der Waals surface area contributed by atoms with Crippen molar-refractivity contribution in [2.45, 2.75) is 25.2 Å². The van der Waals surface area contributed by atoms with Gasteiger partial charge in [-0.3, -0.25) is 4.98 Å². The number of nitrogens with one attached hydrogen (secondary N) is 1. The fourth-order valence-corrected chi connectivity index (χ4v) is 3.63. The molecule has 1 N–H and O–H groups in total. The van der Waals surface area contributed by atoms with Gasteiger partial charge in [-0.05, 0) is 30.0 Å². The minimum Gasteiger partial charge on any atom is -0.383 e. The van der Waals surface area contributed by atoms with Crippen LogP contribution in [0.15, 0.2) is 23.2 Å². The molecule has 0 amide bonds. The number of benzene rings is 1. The van der Waals surface area contributed by atoms with E-state index < -0.39 is 0 Å². The third-order valence-corrected chi connectivity index (χ3v) is 4.62. The van der Waals surface area contributed by atoms with Gasteiger partial charge < -0.3 is 5.32 Å². The van der Waals surface area contributed by atoms with Crippen molar-refractivity contribution < 1.29 is 0 Å². The molecular weight excluding hydrogens is 266 g/mol. The maximum Gasteiger partial charge on any atom is 0.103 e. The van der Waals surface area contributed by atoms with Crippen LogP contribution in [0.4, 0.5) is 5.69 Å². The molecule has 102 valence electrons. The molecule has 0 bridgehead atoms. The van der Waals surface area contributed by atoms with Gasteiger partial charge in [0.15, 0.2) is 0 Å². The first kappa shape index (κ1) is 13.3. The number of rotatable bonds is 3. The summed E-state index contributed by atoms with van der Waals surface area (Å²) in [6.07, 6.45) is 2.74. The van der Waals surface area contributed by atoms with Crippen LogP contribution < -0.4 is 5.32 Å². The van der Waals surface area contributed by atoms with E-state index in [0.29, 0.717) is 11.5 Å². The van der Waals surface area contributed by atoms with Gasteiger partial charge in [0.25, 0.3) is 0 Å². The van der Waals surface area contributed by atoms with E-state index in [0.717, 1.165) is 35.3 Å². The number of aromatic nitrogens is 1. The van der Waals surface area contributed by atoms with Crippen molar-refractivity contribution in [3.05, 3.63) is 29.5 Å². The van der Waals surface area contributed by atoms with Crippen LogP contribution in [0.3, 0.4) is 0 Å². The van der Waals surface area contributed by atoms with E-state index in [9.17, 15) is 5.26 Å². The topological polar surface area (TPSA) is 48.7 Å². The van der Waals surface area contributed by atoms with Crippen LogP contribution in [-0.4, -0.2) is 17.3 Å². The Balaban J connectivity index is 2.22. The van der Waals surface area contributed by atoms with Crippen molar-refractivity contribution in [1.29, 1.82) is 5.26 Å². The number of fused-ring (bicyclic) bond motifs is 3. The molecule has 2 aromatic rings. The highest BCUT2D eigenvalue weighted by molar-refractivity contribution is 7.99. The molecular formula is C16H17N3S. The summed E-state index contributed by atoms with van der Waals surface area (Å²) in [6, 6.07) is 6.49. The molecule has 2 heterocycles. The molecule has 1 aliphatic heterocycles. The minimum absolute atomic E-state index is 0.538. The van der Waals surface area contributed by atoms with Gasteiger partial charge >= 0.3 is 0 Å².